The van der Waals surface area contributed by atoms with Gasteiger partial charge in [-0.1, -0.05) is 0 Å². The molecule has 19 heavy (non-hydrogen) atoms. The van der Waals surface area contributed by atoms with E-state index in [2.05, 4.69) is 10.3 Å². The molecule has 0 aliphatic carbocycles. The summed E-state index contributed by atoms with van der Waals surface area (Å²) in [6, 6.07) is 0.113. The van der Waals surface area contributed by atoms with Gasteiger partial charge in [-0.3, -0.25) is 4.99 Å². The Morgan fingerprint density at radius 3 is 2.58 bits per heavy atom. The smallest absolute Gasteiger partial charge is 0.407 e. The number of alkyl carbamates (subject to hydrolysis) is 1. The van der Waals surface area contributed by atoms with E-state index in [1.165, 1.54) is 0 Å². The van der Waals surface area contributed by atoms with Crippen LogP contribution in [0.5, 0.6) is 0 Å². The highest BCUT2D eigenvalue weighted by Gasteiger charge is 2.17. The van der Waals surface area contributed by atoms with Gasteiger partial charge >= 0.3 is 6.09 Å². The third kappa shape index (κ3) is 13.3. The van der Waals surface area contributed by atoms with E-state index in [1.54, 1.807) is 6.92 Å². The van der Waals surface area contributed by atoms with E-state index in [1.807, 2.05) is 39.5 Å². The van der Waals surface area contributed by atoms with Crippen molar-refractivity contribution in [1.82, 2.24) is 5.32 Å². The van der Waals surface area contributed by atoms with Crippen LogP contribution in [0.3, 0.4) is 0 Å². The monoisotopic (exact) mass is 289 g/mol. The van der Waals surface area contributed by atoms with Crippen molar-refractivity contribution in [2.24, 2.45) is 10.7 Å². The Balaban J connectivity index is 3.62. The fraction of sp³-hybridized carbons (Fsp3) is 0.846. The molecule has 0 spiro atoms. The van der Waals surface area contributed by atoms with Crippen molar-refractivity contribution >= 4 is 23.7 Å². The number of nitrogens with two attached hydrogens (primary N) is 1. The Morgan fingerprint density at radius 1 is 1.42 bits per heavy atom. The van der Waals surface area contributed by atoms with Gasteiger partial charge < -0.3 is 15.8 Å². The third-order valence-corrected chi connectivity index (χ3v) is 3.05. The van der Waals surface area contributed by atoms with E-state index >= 15 is 0 Å². The van der Waals surface area contributed by atoms with Crippen molar-refractivity contribution in [2.45, 2.75) is 52.7 Å². The number of hydrogen-bond acceptors (Lipinski definition) is 4. The summed E-state index contributed by atoms with van der Waals surface area (Å²) in [6.07, 6.45) is 0.559. The number of rotatable bonds is 7. The van der Waals surface area contributed by atoms with Crippen LogP contribution < -0.4 is 11.1 Å². The van der Waals surface area contributed by atoms with Gasteiger partial charge in [0.05, 0.1) is 5.84 Å². The van der Waals surface area contributed by atoms with Crippen LogP contribution in [0, 0.1) is 0 Å². The van der Waals surface area contributed by atoms with Gasteiger partial charge in [0.1, 0.15) is 5.60 Å². The fourth-order valence-electron chi connectivity index (χ4n) is 1.23. The highest BCUT2D eigenvalue weighted by molar-refractivity contribution is 7.99. The number of amidine groups is 1. The van der Waals surface area contributed by atoms with Crippen molar-refractivity contribution in [3.05, 3.63) is 0 Å². The van der Waals surface area contributed by atoms with Crippen molar-refractivity contribution in [3.63, 3.8) is 0 Å². The Hall–Kier alpha value is -0.910. The summed E-state index contributed by atoms with van der Waals surface area (Å²) in [4.78, 5) is 15.6. The molecule has 0 saturated heterocycles. The number of amides is 1. The molecular formula is C13H27N3O2S. The summed E-state index contributed by atoms with van der Waals surface area (Å²) < 4.78 is 5.19. The zero-order chi connectivity index (χ0) is 14.9. The Kier molecular flexibility index (Phi) is 8.63. The minimum atomic E-state index is -0.448. The number of hydrogen-bond donors (Lipinski definition) is 2. The van der Waals surface area contributed by atoms with Crippen LogP contribution in [-0.4, -0.2) is 41.6 Å². The molecule has 0 aromatic rings. The molecule has 0 saturated carbocycles. The van der Waals surface area contributed by atoms with Gasteiger partial charge in [0.25, 0.3) is 0 Å². The van der Waals surface area contributed by atoms with Gasteiger partial charge in [0.2, 0.25) is 0 Å². The lowest BCUT2D eigenvalue weighted by atomic mass is 10.2. The molecule has 0 bridgehead atoms. The molecular weight excluding hydrogens is 262 g/mol. The quantitative estimate of drug-likeness (QED) is 0.428. The largest absolute Gasteiger partial charge is 0.444 e. The summed E-state index contributed by atoms with van der Waals surface area (Å²) >= 11 is 1.81. The minimum Gasteiger partial charge on any atom is -0.444 e. The van der Waals surface area contributed by atoms with Crippen LogP contribution in [0.1, 0.15) is 41.0 Å². The van der Waals surface area contributed by atoms with Gasteiger partial charge in [-0.25, -0.2) is 4.79 Å². The number of nitrogens with zero attached hydrogens (tertiary/aromatic N) is 1. The molecule has 1 amide bonds. The lowest BCUT2D eigenvalue weighted by Crippen LogP contribution is -2.37. The number of carbonyl (C=O) groups is 1. The minimum absolute atomic E-state index is 0.113. The topological polar surface area (TPSA) is 76.7 Å². The first-order valence-electron chi connectivity index (χ1n) is 6.54. The van der Waals surface area contributed by atoms with Crippen LogP contribution in [0.15, 0.2) is 4.99 Å². The normalized spacial score (nSPS) is 14.1. The number of thioether (sulfide) groups is 1. The maximum atomic E-state index is 11.5. The van der Waals surface area contributed by atoms with E-state index in [9.17, 15) is 4.79 Å². The highest BCUT2D eigenvalue weighted by atomic mass is 32.2. The molecule has 0 aliphatic rings. The van der Waals surface area contributed by atoms with E-state index in [-0.39, 0.29) is 12.1 Å². The summed E-state index contributed by atoms with van der Waals surface area (Å²) in [7, 11) is 0. The number of nitrogens with one attached hydrogen (secondary N) is 1. The summed E-state index contributed by atoms with van der Waals surface area (Å²) in [5, 5.41) is 2.82. The number of aliphatic imine (C=N–C) groups is 1. The van der Waals surface area contributed by atoms with Gasteiger partial charge in [0, 0.05) is 18.3 Å². The van der Waals surface area contributed by atoms with Crippen LogP contribution in [0.4, 0.5) is 4.79 Å². The SMILES string of the molecule is CC(N)=NCCSCC[C@@H](C)NC(=O)OC(C)(C)C. The average molecular weight is 289 g/mol. The maximum Gasteiger partial charge on any atom is 0.407 e. The van der Waals surface area contributed by atoms with E-state index in [0.717, 1.165) is 24.5 Å². The lowest BCUT2D eigenvalue weighted by molar-refractivity contribution is 0.0508. The maximum absolute atomic E-state index is 11.5. The summed E-state index contributed by atoms with van der Waals surface area (Å²) in [5.74, 6) is 2.56. The lowest BCUT2D eigenvalue weighted by Gasteiger charge is -2.21. The molecule has 112 valence electrons. The predicted octanol–water partition coefficient (Wildman–Crippen LogP) is 2.40. The van der Waals surface area contributed by atoms with Crippen molar-refractivity contribution < 1.29 is 9.53 Å². The Bertz CT molecular complexity index is 297. The van der Waals surface area contributed by atoms with Crippen molar-refractivity contribution in [3.8, 4) is 0 Å². The van der Waals surface area contributed by atoms with Gasteiger partial charge in [-0.15, -0.1) is 0 Å². The molecule has 5 nitrogen and oxygen atoms in total. The molecule has 0 unspecified atom stereocenters. The Labute approximate surface area is 120 Å². The third-order valence-electron chi connectivity index (χ3n) is 2.06. The molecule has 1 atom stereocenters. The predicted molar refractivity (Wildman–Crippen MR) is 82.9 cm³/mol. The second kappa shape index (κ2) is 9.07. The van der Waals surface area contributed by atoms with E-state index in [0.29, 0.717) is 5.84 Å². The molecule has 3 N–H and O–H groups in total. The molecule has 6 heteroatoms. The molecule has 0 rings (SSSR count). The van der Waals surface area contributed by atoms with Gasteiger partial charge in [-0.05, 0) is 46.8 Å². The van der Waals surface area contributed by atoms with Crippen LogP contribution >= 0.6 is 11.8 Å². The van der Waals surface area contributed by atoms with E-state index < -0.39 is 5.60 Å². The first kappa shape index (κ1) is 18.1. The molecule has 0 radical (unpaired) electrons. The number of carbonyl (C=O) groups excluding carboxylic acids is 1. The highest BCUT2D eigenvalue weighted by Crippen LogP contribution is 2.08. The van der Waals surface area contributed by atoms with Crippen molar-refractivity contribution in [2.75, 3.05) is 18.1 Å². The van der Waals surface area contributed by atoms with Crippen LogP contribution in [0.25, 0.3) is 0 Å². The second-order valence-electron chi connectivity index (χ2n) is 5.47. The van der Waals surface area contributed by atoms with E-state index in [4.69, 9.17) is 10.5 Å². The Morgan fingerprint density at radius 2 is 2.05 bits per heavy atom. The fourth-order valence-corrected chi connectivity index (χ4v) is 2.17. The second-order valence-corrected chi connectivity index (χ2v) is 6.70. The van der Waals surface area contributed by atoms with Crippen molar-refractivity contribution in [1.29, 1.82) is 0 Å². The molecule has 0 aromatic carbocycles. The van der Waals surface area contributed by atoms with Crippen LogP contribution in [0.2, 0.25) is 0 Å². The zero-order valence-electron chi connectivity index (χ0n) is 12.7. The number of ether oxygens (including phenoxy) is 1. The van der Waals surface area contributed by atoms with Gasteiger partial charge in [-0.2, -0.15) is 11.8 Å². The van der Waals surface area contributed by atoms with Crippen LogP contribution in [-0.2, 0) is 4.74 Å². The summed E-state index contributed by atoms with van der Waals surface area (Å²) in [5.41, 5.74) is 4.99. The molecule has 0 fully saturated rings. The standard InChI is InChI=1S/C13H27N3O2S/c1-10(16-12(17)18-13(3,4)5)6-8-19-9-7-15-11(2)14/h10H,6-9H2,1-5H3,(H2,14,15)(H,16,17)/t10-/m1/s1. The zero-order valence-corrected chi connectivity index (χ0v) is 13.5. The molecule has 0 aromatic heterocycles. The summed E-state index contributed by atoms with van der Waals surface area (Å²) in [6.45, 7) is 10.1. The first-order valence-corrected chi connectivity index (χ1v) is 7.70. The first-order chi connectivity index (χ1) is 8.70. The molecule has 0 aliphatic heterocycles. The van der Waals surface area contributed by atoms with Gasteiger partial charge in [0.15, 0.2) is 0 Å². The average Bonchev–Trinajstić information content (AvgIpc) is 2.19. The molecule has 0 heterocycles.